The van der Waals surface area contributed by atoms with E-state index in [0.717, 1.165) is 11.1 Å². The van der Waals surface area contributed by atoms with Gasteiger partial charge in [0, 0.05) is 21.3 Å². The molecule has 0 aromatic heterocycles. The van der Waals surface area contributed by atoms with E-state index in [4.69, 9.17) is 32.7 Å². The van der Waals surface area contributed by atoms with E-state index in [1.807, 2.05) is 25.1 Å². The first-order valence-electron chi connectivity index (χ1n) is 9.64. The molecule has 3 aromatic rings. The molecule has 0 saturated heterocycles. The zero-order chi connectivity index (χ0) is 23.1. The lowest BCUT2D eigenvalue weighted by atomic mass is 10.1. The van der Waals surface area contributed by atoms with Crippen LogP contribution in [0.15, 0.2) is 66.2 Å². The molecular formula is C25H20Cl2N2O3. The molecule has 3 aromatic carbocycles. The Morgan fingerprint density at radius 1 is 1.06 bits per heavy atom. The second kappa shape index (κ2) is 10.7. The molecule has 0 aliphatic carbocycles. The van der Waals surface area contributed by atoms with E-state index in [-0.39, 0.29) is 12.2 Å². The highest BCUT2D eigenvalue weighted by atomic mass is 35.5. The summed E-state index contributed by atoms with van der Waals surface area (Å²) in [5, 5.41) is 13.2. The van der Waals surface area contributed by atoms with Crippen LogP contribution in [0.5, 0.6) is 11.5 Å². The lowest BCUT2D eigenvalue weighted by Gasteiger charge is -2.12. The summed E-state index contributed by atoms with van der Waals surface area (Å²) in [5.74, 6) is 0.464. The topological polar surface area (TPSA) is 71.3 Å². The first-order valence-corrected chi connectivity index (χ1v) is 10.4. The zero-order valence-electron chi connectivity index (χ0n) is 17.5. The number of methoxy groups -OCH3 is 1. The van der Waals surface area contributed by atoms with Crippen molar-refractivity contribution in [1.29, 1.82) is 5.26 Å². The monoisotopic (exact) mass is 466 g/mol. The molecule has 162 valence electrons. The lowest BCUT2D eigenvalue weighted by molar-refractivity contribution is -0.112. The van der Waals surface area contributed by atoms with Crippen molar-refractivity contribution < 1.29 is 14.3 Å². The molecule has 1 amide bonds. The van der Waals surface area contributed by atoms with Crippen molar-refractivity contribution in [3.63, 3.8) is 0 Å². The summed E-state index contributed by atoms with van der Waals surface area (Å²) >= 11 is 12.1. The Balaban J connectivity index is 1.75. The molecule has 32 heavy (non-hydrogen) atoms. The summed E-state index contributed by atoms with van der Waals surface area (Å²) < 4.78 is 11.3. The van der Waals surface area contributed by atoms with Gasteiger partial charge in [-0.25, -0.2) is 0 Å². The molecule has 0 bridgehead atoms. The summed E-state index contributed by atoms with van der Waals surface area (Å²) in [6.45, 7) is 2.18. The summed E-state index contributed by atoms with van der Waals surface area (Å²) in [5.41, 5.74) is 3.06. The van der Waals surface area contributed by atoms with Crippen molar-refractivity contribution in [1.82, 2.24) is 0 Å². The molecular weight excluding hydrogens is 447 g/mol. The van der Waals surface area contributed by atoms with E-state index in [1.165, 1.54) is 13.2 Å². The van der Waals surface area contributed by atoms with Crippen molar-refractivity contribution in [2.24, 2.45) is 0 Å². The minimum absolute atomic E-state index is 0.0331. The molecule has 0 heterocycles. The van der Waals surface area contributed by atoms with Gasteiger partial charge in [0.1, 0.15) is 18.2 Å². The van der Waals surface area contributed by atoms with Gasteiger partial charge in [-0.3, -0.25) is 4.79 Å². The molecule has 0 saturated carbocycles. The molecule has 5 nitrogen and oxygen atoms in total. The number of amides is 1. The fourth-order valence-corrected chi connectivity index (χ4v) is 3.30. The van der Waals surface area contributed by atoms with E-state index in [2.05, 4.69) is 5.32 Å². The average molecular weight is 467 g/mol. The molecule has 0 aliphatic rings. The largest absolute Gasteiger partial charge is 0.493 e. The first-order chi connectivity index (χ1) is 15.4. The van der Waals surface area contributed by atoms with Gasteiger partial charge >= 0.3 is 0 Å². The highest BCUT2D eigenvalue weighted by Crippen LogP contribution is 2.31. The second-order valence-corrected chi connectivity index (χ2v) is 7.77. The number of aryl methyl sites for hydroxylation is 1. The fraction of sp³-hybridized carbons (Fsp3) is 0.120. The van der Waals surface area contributed by atoms with Gasteiger partial charge in [0.2, 0.25) is 0 Å². The van der Waals surface area contributed by atoms with Gasteiger partial charge in [-0.2, -0.15) is 5.26 Å². The summed E-state index contributed by atoms with van der Waals surface area (Å²) in [7, 11) is 1.51. The van der Waals surface area contributed by atoms with Gasteiger partial charge in [-0.1, -0.05) is 53.0 Å². The zero-order valence-corrected chi connectivity index (χ0v) is 19.0. The number of nitrogens with zero attached hydrogens (tertiary/aromatic N) is 1. The Morgan fingerprint density at radius 3 is 2.47 bits per heavy atom. The molecule has 0 unspecified atom stereocenters. The number of carbonyl (C=O) groups excluding carboxylic acids is 1. The van der Waals surface area contributed by atoms with Crippen LogP contribution in [0.1, 0.15) is 16.7 Å². The third kappa shape index (κ3) is 6.04. The van der Waals surface area contributed by atoms with Gasteiger partial charge in [-0.05, 0) is 55.0 Å². The van der Waals surface area contributed by atoms with E-state index in [1.54, 1.807) is 48.5 Å². The minimum Gasteiger partial charge on any atom is -0.493 e. The van der Waals surface area contributed by atoms with Gasteiger partial charge < -0.3 is 14.8 Å². The van der Waals surface area contributed by atoms with Crippen LogP contribution >= 0.6 is 23.2 Å². The van der Waals surface area contributed by atoms with Crippen LogP contribution < -0.4 is 14.8 Å². The Labute approximate surface area is 196 Å². The van der Waals surface area contributed by atoms with Crippen LogP contribution in [0.25, 0.3) is 6.08 Å². The predicted molar refractivity (Wildman–Crippen MR) is 127 cm³/mol. The van der Waals surface area contributed by atoms with Crippen LogP contribution in [0.2, 0.25) is 10.0 Å². The number of anilines is 1. The molecule has 1 N–H and O–H groups in total. The van der Waals surface area contributed by atoms with Gasteiger partial charge in [0.25, 0.3) is 5.91 Å². The number of rotatable bonds is 7. The number of ether oxygens (including phenoxy) is 2. The Hall–Kier alpha value is -3.46. The number of benzene rings is 3. The van der Waals surface area contributed by atoms with Crippen LogP contribution in [-0.2, 0) is 11.4 Å². The third-order valence-corrected chi connectivity index (χ3v) is 5.16. The smallest absolute Gasteiger partial charge is 0.266 e. The lowest BCUT2D eigenvalue weighted by Crippen LogP contribution is -2.13. The standard InChI is InChI=1S/C25H20Cl2N2O3/c1-16-3-8-21(9-4-16)29-25(30)19(14-28)11-17-5-10-23(24(12-17)31-2)32-15-18-6-7-20(26)13-22(18)27/h3-13H,15H2,1-2H3,(H,29,30)/b19-11-. The quantitative estimate of drug-likeness (QED) is 0.321. The second-order valence-electron chi connectivity index (χ2n) is 6.92. The van der Waals surface area contributed by atoms with Gasteiger partial charge in [0.15, 0.2) is 11.5 Å². The molecule has 0 aliphatic heterocycles. The number of nitrogens with one attached hydrogen (secondary N) is 1. The van der Waals surface area contributed by atoms with E-state index < -0.39 is 5.91 Å². The SMILES string of the molecule is COc1cc(/C=C(/C#N)C(=O)Nc2ccc(C)cc2)ccc1OCc1ccc(Cl)cc1Cl. The highest BCUT2D eigenvalue weighted by molar-refractivity contribution is 6.35. The normalized spacial score (nSPS) is 10.9. The van der Waals surface area contributed by atoms with Crippen LogP contribution in [-0.4, -0.2) is 13.0 Å². The van der Waals surface area contributed by atoms with Crippen LogP contribution in [0, 0.1) is 18.3 Å². The number of hydrogen-bond donors (Lipinski definition) is 1. The molecule has 0 radical (unpaired) electrons. The number of halogens is 2. The minimum atomic E-state index is -0.493. The van der Waals surface area contributed by atoms with E-state index in [9.17, 15) is 10.1 Å². The first kappa shape index (κ1) is 23.2. The van der Waals surface area contributed by atoms with Gasteiger partial charge in [0.05, 0.1) is 7.11 Å². The van der Waals surface area contributed by atoms with E-state index in [0.29, 0.717) is 32.8 Å². The Morgan fingerprint density at radius 2 is 1.81 bits per heavy atom. The Bertz CT molecular complexity index is 1200. The fourth-order valence-electron chi connectivity index (χ4n) is 2.84. The van der Waals surface area contributed by atoms with Crippen molar-refractivity contribution in [3.8, 4) is 17.6 Å². The third-order valence-electron chi connectivity index (χ3n) is 4.57. The van der Waals surface area contributed by atoms with E-state index >= 15 is 0 Å². The number of hydrogen-bond acceptors (Lipinski definition) is 4. The van der Waals surface area contributed by atoms with Gasteiger partial charge in [-0.15, -0.1) is 0 Å². The maximum Gasteiger partial charge on any atom is 0.266 e. The average Bonchev–Trinajstić information content (AvgIpc) is 2.78. The van der Waals surface area contributed by atoms with Crippen LogP contribution in [0.4, 0.5) is 5.69 Å². The molecule has 7 heteroatoms. The molecule has 0 fully saturated rings. The Kier molecular flexibility index (Phi) is 7.77. The molecule has 3 rings (SSSR count). The van der Waals surface area contributed by atoms with Crippen molar-refractivity contribution in [3.05, 3.63) is 93.0 Å². The van der Waals surface area contributed by atoms with Crippen molar-refractivity contribution in [2.45, 2.75) is 13.5 Å². The number of nitriles is 1. The van der Waals surface area contributed by atoms with Crippen molar-refractivity contribution in [2.75, 3.05) is 12.4 Å². The molecule has 0 spiro atoms. The predicted octanol–water partition coefficient (Wildman–Crippen LogP) is 6.44. The maximum absolute atomic E-state index is 12.5. The maximum atomic E-state index is 12.5. The number of carbonyl (C=O) groups is 1. The summed E-state index contributed by atoms with van der Waals surface area (Å²) in [6, 6.07) is 19.6. The summed E-state index contributed by atoms with van der Waals surface area (Å²) in [6.07, 6.45) is 1.49. The molecule has 0 atom stereocenters. The highest BCUT2D eigenvalue weighted by Gasteiger charge is 2.12. The van der Waals surface area contributed by atoms with Crippen LogP contribution in [0.3, 0.4) is 0 Å². The summed E-state index contributed by atoms with van der Waals surface area (Å²) in [4.78, 5) is 12.5. The van der Waals surface area contributed by atoms with Crippen molar-refractivity contribution >= 4 is 40.9 Å².